The van der Waals surface area contributed by atoms with Crippen molar-refractivity contribution in [2.45, 2.75) is 64.2 Å². The Morgan fingerprint density at radius 3 is 2.25 bits per heavy atom. The molecule has 0 aromatic heterocycles. The third-order valence-electron chi connectivity index (χ3n) is 3.61. The number of hydrogen-bond donors (Lipinski definition) is 0. The fraction of sp³-hybridized carbons (Fsp3) is 0.917. The molecule has 0 saturated heterocycles. The van der Waals surface area contributed by atoms with E-state index in [0.29, 0.717) is 0 Å². The molecule has 2 saturated carbocycles. The molecule has 0 nitrogen and oxygen atoms in total. The predicted octanol–water partition coefficient (Wildman–Crippen LogP) is 4.11. The molecule has 0 aromatic rings. The third kappa shape index (κ3) is 2.24. The molecule has 0 N–H and O–H groups in total. The van der Waals surface area contributed by atoms with Gasteiger partial charge in [-0.1, -0.05) is 44.9 Å². The highest BCUT2D eigenvalue weighted by molar-refractivity contribution is 4.94. The molecule has 0 aromatic carbocycles. The van der Waals surface area contributed by atoms with Gasteiger partial charge in [0.2, 0.25) is 0 Å². The van der Waals surface area contributed by atoms with Crippen molar-refractivity contribution < 1.29 is 0 Å². The molecule has 0 amide bonds. The summed E-state index contributed by atoms with van der Waals surface area (Å²) in [6.45, 7) is 0. The smallest absolute Gasteiger partial charge is 0.0238 e. The standard InChI is InChI=1S/C12H21/c1-2-6-11-8-4-5-9-12(10-11)7-3-1/h11H,1-10H2. The zero-order valence-electron chi connectivity index (χ0n) is 8.15. The molecule has 2 fully saturated rings. The molecule has 0 heteroatoms. The second-order valence-electron chi connectivity index (χ2n) is 4.67. The predicted molar refractivity (Wildman–Crippen MR) is 52.9 cm³/mol. The van der Waals surface area contributed by atoms with Gasteiger partial charge in [-0.15, -0.1) is 0 Å². The summed E-state index contributed by atoms with van der Waals surface area (Å²) in [7, 11) is 0. The van der Waals surface area contributed by atoms with Gasteiger partial charge in [-0.05, 0) is 31.1 Å². The Morgan fingerprint density at radius 2 is 1.42 bits per heavy atom. The van der Waals surface area contributed by atoms with Crippen LogP contribution in [0.25, 0.3) is 0 Å². The second-order valence-corrected chi connectivity index (χ2v) is 4.67. The molecule has 2 aliphatic rings. The van der Waals surface area contributed by atoms with E-state index < -0.39 is 0 Å². The Labute approximate surface area is 76.7 Å². The van der Waals surface area contributed by atoms with Crippen molar-refractivity contribution in [2.24, 2.45) is 5.92 Å². The SMILES string of the molecule is C1CC[C]2CCCCC(CC1)C2. The molecule has 1 atom stereocenters. The normalized spacial score (nSPS) is 33.5. The van der Waals surface area contributed by atoms with Crippen LogP contribution in [0.2, 0.25) is 0 Å². The first kappa shape index (κ1) is 8.59. The molecule has 0 spiro atoms. The average Bonchev–Trinajstić information content (AvgIpc) is 2.25. The van der Waals surface area contributed by atoms with Gasteiger partial charge in [-0.2, -0.15) is 0 Å². The molecule has 2 aliphatic carbocycles. The Morgan fingerprint density at radius 1 is 0.750 bits per heavy atom. The highest BCUT2D eigenvalue weighted by Crippen LogP contribution is 2.36. The van der Waals surface area contributed by atoms with E-state index in [2.05, 4.69) is 0 Å². The molecule has 12 heavy (non-hydrogen) atoms. The first-order chi connectivity index (χ1) is 5.95. The molecule has 0 aliphatic heterocycles. The summed E-state index contributed by atoms with van der Waals surface area (Å²) in [5, 5.41) is 0. The lowest BCUT2D eigenvalue weighted by molar-refractivity contribution is 0.387. The maximum atomic E-state index is 1.91. The van der Waals surface area contributed by atoms with Gasteiger partial charge < -0.3 is 0 Å². The minimum atomic E-state index is 1.09. The van der Waals surface area contributed by atoms with Gasteiger partial charge in [-0.3, -0.25) is 0 Å². The van der Waals surface area contributed by atoms with E-state index in [1.165, 1.54) is 64.2 Å². The molecular formula is C12H21. The summed E-state index contributed by atoms with van der Waals surface area (Å²) in [5.41, 5.74) is 0. The molecule has 69 valence electrons. The topological polar surface area (TPSA) is 0 Å². The minimum Gasteiger partial charge on any atom is -0.0533 e. The first-order valence-electron chi connectivity index (χ1n) is 5.79. The van der Waals surface area contributed by atoms with E-state index in [-0.39, 0.29) is 0 Å². The van der Waals surface area contributed by atoms with Gasteiger partial charge in [0.1, 0.15) is 0 Å². The van der Waals surface area contributed by atoms with Gasteiger partial charge >= 0.3 is 0 Å². The van der Waals surface area contributed by atoms with Crippen LogP contribution in [0.1, 0.15) is 64.2 Å². The second kappa shape index (κ2) is 4.30. The number of hydrogen-bond acceptors (Lipinski definition) is 0. The zero-order chi connectivity index (χ0) is 8.23. The molecular weight excluding hydrogens is 144 g/mol. The van der Waals surface area contributed by atoms with Crippen molar-refractivity contribution in [1.29, 1.82) is 0 Å². The molecule has 0 heterocycles. The average molecular weight is 165 g/mol. The van der Waals surface area contributed by atoms with Crippen LogP contribution in [0.3, 0.4) is 0 Å². The molecule has 1 radical (unpaired) electrons. The monoisotopic (exact) mass is 165 g/mol. The largest absolute Gasteiger partial charge is 0.0533 e. The lowest BCUT2D eigenvalue weighted by Gasteiger charge is -2.22. The van der Waals surface area contributed by atoms with Crippen LogP contribution in [0, 0.1) is 11.8 Å². The van der Waals surface area contributed by atoms with Crippen LogP contribution < -0.4 is 0 Å². The van der Waals surface area contributed by atoms with E-state index in [1.54, 1.807) is 0 Å². The summed E-state index contributed by atoms with van der Waals surface area (Å²) in [6.07, 6.45) is 15.0. The Hall–Kier alpha value is 0. The summed E-state index contributed by atoms with van der Waals surface area (Å²) < 4.78 is 0. The zero-order valence-corrected chi connectivity index (χ0v) is 8.15. The van der Waals surface area contributed by atoms with Crippen molar-refractivity contribution in [2.75, 3.05) is 0 Å². The van der Waals surface area contributed by atoms with Gasteiger partial charge in [0.05, 0.1) is 0 Å². The Balaban J connectivity index is 1.92. The summed E-state index contributed by atoms with van der Waals surface area (Å²) in [5.74, 6) is 3.00. The molecule has 1 unspecified atom stereocenters. The van der Waals surface area contributed by atoms with Crippen molar-refractivity contribution in [3.63, 3.8) is 0 Å². The Kier molecular flexibility index (Phi) is 3.08. The summed E-state index contributed by atoms with van der Waals surface area (Å²) >= 11 is 0. The summed E-state index contributed by atoms with van der Waals surface area (Å²) in [6, 6.07) is 0. The first-order valence-corrected chi connectivity index (χ1v) is 5.79. The van der Waals surface area contributed by atoms with Crippen molar-refractivity contribution in [3.8, 4) is 0 Å². The van der Waals surface area contributed by atoms with Gasteiger partial charge in [0, 0.05) is 0 Å². The maximum Gasteiger partial charge on any atom is -0.0238 e. The maximum absolute atomic E-state index is 1.91. The minimum absolute atomic E-state index is 1.09. The lowest BCUT2D eigenvalue weighted by Crippen LogP contribution is -2.07. The molecule has 2 rings (SSSR count). The highest BCUT2D eigenvalue weighted by Gasteiger charge is 2.21. The van der Waals surface area contributed by atoms with E-state index in [4.69, 9.17) is 0 Å². The summed E-state index contributed by atoms with van der Waals surface area (Å²) in [4.78, 5) is 0. The fourth-order valence-electron chi connectivity index (χ4n) is 2.88. The van der Waals surface area contributed by atoms with E-state index in [0.717, 1.165) is 5.92 Å². The lowest BCUT2D eigenvalue weighted by atomic mass is 9.83. The number of fused-ring (bicyclic) bond motifs is 2. The van der Waals surface area contributed by atoms with Gasteiger partial charge in [-0.25, -0.2) is 0 Å². The van der Waals surface area contributed by atoms with E-state index in [1.807, 2.05) is 5.92 Å². The highest BCUT2D eigenvalue weighted by atomic mass is 14.3. The van der Waals surface area contributed by atoms with E-state index >= 15 is 0 Å². The van der Waals surface area contributed by atoms with Crippen LogP contribution in [0.5, 0.6) is 0 Å². The van der Waals surface area contributed by atoms with E-state index in [9.17, 15) is 0 Å². The van der Waals surface area contributed by atoms with Crippen LogP contribution in [0.15, 0.2) is 0 Å². The van der Waals surface area contributed by atoms with Crippen LogP contribution in [-0.2, 0) is 0 Å². The van der Waals surface area contributed by atoms with Crippen LogP contribution in [0.4, 0.5) is 0 Å². The van der Waals surface area contributed by atoms with Gasteiger partial charge in [0.15, 0.2) is 0 Å². The van der Waals surface area contributed by atoms with Crippen LogP contribution in [-0.4, -0.2) is 0 Å². The van der Waals surface area contributed by atoms with Crippen molar-refractivity contribution in [1.82, 2.24) is 0 Å². The van der Waals surface area contributed by atoms with Crippen molar-refractivity contribution >= 4 is 0 Å². The molecule has 2 bridgehead atoms. The van der Waals surface area contributed by atoms with Crippen LogP contribution >= 0.6 is 0 Å². The van der Waals surface area contributed by atoms with Crippen molar-refractivity contribution in [3.05, 3.63) is 5.92 Å². The number of rotatable bonds is 0. The van der Waals surface area contributed by atoms with Gasteiger partial charge in [0.25, 0.3) is 0 Å². The Bertz CT molecular complexity index is 114. The fourth-order valence-corrected chi connectivity index (χ4v) is 2.88. The quantitative estimate of drug-likeness (QED) is 0.507. The third-order valence-corrected chi connectivity index (χ3v) is 3.61.